The first-order chi connectivity index (χ1) is 11.5. The average molecular weight is 396 g/mol. The van der Waals surface area contributed by atoms with E-state index in [4.69, 9.17) is 18.9 Å². The van der Waals surface area contributed by atoms with Gasteiger partial charge in [-0.2, -0.15) is 0 Å². The number of hydrogen-bond acceptors (Lipinski definition) is 5. The summed E-state index contributed by atoms with van der Waals surface area (Å²) in [6.45, 7) is 0. The number of halogens is 1. The lowest BCUT2D eigenvalue weighted by Crippen LogP contribution is -2.14. The number of rotatable bonds is 6. The molecular weight excluding hydrogens is 378 g/mol. The maximum Gasteiger partial charge on any atom is 0.259 e. The summed E-state index contributed by atoms with van der Waals surface area (Å²) in [5.41, 5.74) is 0.878. The number of nitrogens with one attached hydrogen (secondary N) is 1. The van der Waals surface area contributed by atoms with E-state index >= 15 is 0 Å². The predicted octanol–water partition coefficient (Wildman–Crippen LogP) is 3.74. The van der Waals surface area contributed by atoms with Gasteiger partial charge < -0.3 is 24.3 Å². The number of carbonyl (C=O) groups is 1. The standard InChI is InChI=1S/C17H18BrNO5/c1-21-11-5-10(6-12(7-11)22-2)19-17(20)14-8-13(23-3)9-15(18)16(14)24-4/h5-9H,1-4H3,(H,19,20). The predicted molar refractivity (Wildman–Crippen MR) is 94.7 cm³/mol. The molecule has 128 valence electrons. The molecule has 2 aromatic rings. The molecule has 1 N–H and O–H groups in total. The van der Waals surface area contributed by atoms with Gasteiger partial charge in [0.1, 0.15) is 23.0 Å². The van der Waals surface area contributed by atoms with Gasteiger partial charge in [-0.05, 0) is 28.1 Å². The SMILES string of the molecule is COc1cc(NC(=O)c2cc(OC)cc(Br)c2OC)cc(OC)c1. The highest BCUT2D eigenvalue weighted by molar-refractivity contribution is 9.10. The second-order valence-electron chi connectivity index (χ2n) is 4.75. The molecule has 7 heteroatoms. The quantitative estimate of drug-likeness (QED) is 0.806. The molecule has 0 unspecified atom stereocenters. The second kappa shape index (κ2) is 7.92. The van der Waals surface area contributed by atoms with E-state index in [1.54, 1.807) is 44.6 Å². The smallest absolute Gasteiger partial charge is 0.259 e. The maximum absolute atomic E-state index is 12.7. The van der Waals surface area contributed by atoms with E-state index in [1.165, 1.54) is 14.2 Å². The van der Waals surface area contributed by atoms with Gasteiger partial charge in [0.2, 0.25) is 0 Å². The molecule has 24 heavy (non-hydrogen) atoms. The molecule has 2 aromatic carbocycles. The third-order valence-corrected chi connectivity index (χ3v) is 3.90. The monoisotopic (exact) mass is 395 g/mol. The van der Waals surface area contributed by atoms with Crippen LogP contribution in [0.4, 0.5) is 5.69 Å². The zero-order chi connectivity index (χ0) is 17.7. The van der Waals surface area contributed by atoms with Crippen molar-refractivity contribution in [3.8, 4) is 23.0 Å². The Kier molecular flexibility index (Phi) is 5.92. The van der Waals surface area contributed by atoms with Crippen molar-refractivity contribution in [1.29, 1.82) is 0 Å². The number of hydrogen-bond donors (Lipinski definition) is 1. The van der Waals surface area contributed by atoms with E-state index in [0.29, 0.717) is 38.7 Å². The Bertz CT molecular complexity index is 726. The molecule has 0 saturated heterocycles. The first kappa shape index (κ1) is 17.9. The molecule has 0 radical (unpaired) electrons. The van der Waals surface area contributed by atoms with E-state index < -0.39 is 0 Å². The van der Waals surface area contributed by atoms with Gasteiger partial charge in [-0.1, -0.05) is 0 Å². The summed E-state index contributed by atoms with van der Waals surface area (Å²) in [4.78, 5) is 12.7. The normalized spacial score (nSPS) is 10.0. The summed E-state index contributed by atoms with van der Waals surface area (Å²) in [5.74, 6) is 1.76. The van der Waals surface area contributed by atoms with Crippen molar-refractivity contribution in [1.82, 2.24) is 0 Å². The summed E-state index contributed by atoms with van der Waals surface area (Å²) in [6, 6.07) is 8.45. The number of carbonyl (C=O) groups excluding carboxylic acids is 1. The van der Waals surface area contributed by atoms with Crippen LogP contribution in [0.5, 0.6) is 23.0 Å². The van der Waals surface area contributed by atoms with Gasteiger partial charge in [0.25, 0.3) is 5.91 Å². The van der Waals surface area contributed by atoms with Crippen LogP contribution in [-0.2, 0) is 0 Å². The van der Waals surface area contributed by atoms with Crippen LogP contribution in [0, 0.1) is 0 Å². The maximum atomic E-state index is 12.7. The Labute approximate surface area is 148 Å². The van der Waals surface area contributed by atoms with Gasteiger partial charge in [-0.25, -0.2) is 0 Å². The van der Waals surface area contributed by atoms with E-state index in [1.807, 2.05) is 0 Å². The topological polar surface area (TPSA) is 66.0 Å². The Morgan fingerprint density at radius 3 is 1.88 bits per heavy atom. The van der Waals surface area contributed by atoms with Crippen LogP contribution in [0.25, 0.3) is 0 Å². The first-order valence-electron chi connectivity index (χ1n) is 6.98. The van der Waals surface area contributed by atoms with Crippen LogP contribution in [0.1, 0.15) is 10.4 Å². The fourth-order valence-corrected chi connectivity index (χ4v) is 2.74. The number of amides is 1. The summed E-state index contributed by atoms with van der Waals surface area (Å²) < 4.78 is 21.5. The summed E-state index contributed by atoms with van der Waals surface area (Å²) in [5, 5.41) is 2.81. The molecule has 0 aromatic heterocycles. The minimum Gasteiger partial charge on any atom is -0.497 e. The van der Waals surface area contributed by atoms with Gasteiger partial charge in [-0.3, -0.25) is 4.79 Å². The molecule has 0 fully saturated rings. The number of methoxy groups -OCH3 is 4. The Balaban J connectivity index is 2.38. The van der Waals surface area contributed by atoms with Crippen molar-refractivity contribution in [2.45, 2.75) is 0 Å². The summed E-state index contributed by atoms with van der Waals surface area (Å²) in [6.07, 6.45) is 0. The number of anilines is 1. The highest BCUT2D eigenvalue weighted by atomic mass is 79.9. The lowest BCUT2D eigenvalue weighted by atomic mass is 10.1. The van der Waals surface area contributed by atoms with E-state index in [2.05, 4.69) is 21.2 Å². The lowest BCUT2D eigenvalue weighted by Gasteiger charge is -2.14. The average Bonchev–Trinajstić information content (AvgIpc) is 2.60. The molecule has 6 nitrogen and oxygen atoms in total. The fraction of sp³-hybridized carbons (Fsp3) is 0.235. The Hall–Kier alpha value is -2.41. The molecule has 0 aliphatic carbocycles. The van der Waals surface area contributed by atoms with Crippen LogP contribution in [0.3, 0.4) is 0 Å². The van der Waals surface area contributed by atoms with Gasteiger partial charge in [0.05, 0.1) is 38.5 Å². The molecular formula is C17H18BrNO5. The van der Waals surface area contributed by atoms with Crippen LogP contribution in [-0.4, -0.2) is 34.3 Å². The van der Waals surface area contributed by atoms with Crippen molar-refractivity contribution in [3.05, 3.63) is 40.4 Å². The minimum absolute atomic E-state index is 0.338. The molecule has 0 saturated carbocycles. The second-order valence-corrected chi connectivity index (χ2v) is 5.60. The van der Waals surface area contributed by atoms with Crippen molar-refractivity contribution >= 4 is 27.5 Å². The molecule has 0 spiro atoms. The Morgan fingerprint density at radius 2 is 1.38 bits per heavy atom. The van der Waals surface area contributed by atoms with E-state index in [9.17, 15) is 4.79 Å². The van der Waals surface area contributed by atoms with Crippen LogP contribution in [0.2, 0.25) is 0 Å². The van der Waals surface area contributed by atoms with Crippen molar-refractivity contribution < 1.29 is 23.7 Å². The van der Waals surface area contributed by atoms with Crippen molar-refractivity contribution in [2.24, 2.45) is 0 Å². The van der Waals surface area contributed by atoms with E-state index in [-0.39, 0.29) is 5.91 Å². The third-order valence-electron chi connectivity index (χ3n) is 3.31. The third kappa shape index (κ3) is 3.91. The lowest BCUT2D eigenvalue weighted by molar-refractivity contribution is 0.102. The minimum atomic E-state index is -0.346. The summed E-state index contributed by atoms with van der Waals surface area (Å²) >= 11 is 3.37. The first-order valence-corrected chi connectivity index (χ1v) is 7.77. The van der Waals surface area contributed by atoms with Crippen LogP contribution < -0.4 is 24.3 Å². The van der Waals surface area contributed by atoms with Crippen molar-refractivity contribution in [3.63, 3.8) is 0 Å². The molecule has 0 bridgehead atoms. The highest BCUT2D eigenvalue weighted by Crippen LogP contribution is 2.34. The zero-order valence-electron chi connectivity index (χ0n) is 13.8. The van der Waals surface area contributed by atoms with Crippen LogP contribution >= 0.6 is 15.9 Å². The number of ether oxygens (including phenoxy) is 4. The molecule has 0 atom stereocenters. The molecule has 0 heterocycles. The van der Waals surface area contributed by atoms with E-state index in [0.717, 1.165) is 0 Å². The Morgan fingerprint density at radius 1 is 0.833 bits per heavy atom. The van der Waals surface area contributed by atoms with Crippen LogP contribution in [0.15, 0.2) is 34.8 Å². The molecule has 2 rings (SSSR count). The van der Waals surface area contributed by atoms with Gasteiger partial charge in [0.15, 0.2) is 0 Å². The van der Waals surface area contributed by atoms with Crippen molar-refractivity contribution in [2.75, 3.05) is 33.8 Å². The number of benzene rings is 2. The fourth-order valence-electron chi connectivity index (χ4n) is 2.14. The van der Waals surface area contributed by atoms with Gasteiger partial charge in [-0.15, -0.1) is 0 Å². The zero-order valence-corrected chi connectivity index (χ0v) is 15.4. The van der Waals surface area contributed by atoms with Gasteiger partial charge in [0, 0.05) is 23.9 Å². The largest absolute Gasteiger partial charge is 0.497 e. The summed E-state index contributed by atoms with van der Waals surface area (Å²) in [7, 11) is 6.12. The van der Waals surface area contributed by atoms with Gasteiger partial charge >= 0.3 is 0 Å². The molecule has 0 aliphatic heterocycles. The highest BCUT2D eigenvalue weighted by Gasteiger charge is 2.18. The molecule has 0 aliphatic rings. The molecule has 1 amide bonds.